The second-order valence-electron chi connectivity index (χ2n) is 5.63. The van der Waals surface area contributed by atoms with Crippen LogP contribution in [0, 0.1) is 5.92 Å². The highest BCUT2D eigenvalue weighted by molar-refractivity contribution is 6.33. The van der Waals surface area contributed by atoms with Gasteiger partial charge < -0.3 is 10.6 Å². The van der Waals surface area contributed by atoms with Crippen LogP contribution in [0.15, 0.2) is 12.3 Å². The molecule has 5 heteroatoms. The van der Waals surface area contributed by atoms with E-state index in [2.05, 4.69) is 36.4 Å². The van der Waals surface area contributed by atoms with Crippen molar-refractivity contribution in [2.45, 2.75) is 46.5 Å². The topological polar surface area (TPSA) is 54.0 Å². The number of hydrogen-bond donors (Lipinski definition) is 2. The van der Waals surface area contributed by atoms with Crippen molar-refractivity contribution in [2.75, 3.05) is 18.4 Å². The molecular formula is C16H26ClN3O. The molecule has 4 nitrogen and oxygen atoms in total. The molecule has 118 valence electrons. The zero-order valence-electron chi connectivity index (χ0n) is 13.2. The van der Waals surface area contributed by atoms with Gasteiger partial charge in [-0.1, -0.05) is 45.2 Å². The zero-order valence-corrected chi connectivity index (χ0v) is 14.0. The molecule has 0 atom stereocenters. The van der Waals surface area contributed by atoms with Crippen molar-refractivity contribution in [2.24, 2.45) is 5.92 Å². The molecule has 0 saturated heterocycles. The minimum absolute atomic E-state index is 0.115. The Bertz CT molecular complexity index is 449. The third-order valence-corrected chi connectivity index (χ3v) is 3.43. The number of halogens is 1. The Morgan fingerprint density at radius 1 is 1.33 bits per heavy atom. The molecule has 21 heavy (non-hydrogen) atoms. The van der Waals surface area contributed by atoms with Gasteiger partial charge in [-0.25, -0.2) is 4.98 Å². The number of aromatic nitrogens is 1. The summed E-state index contributed by atoms with van der Waals surface area (Å²) in [5, 5.41) is 6.51. The first-order valence-electron chi connectivity index (χ1n) is 7.72. The maximum Gasteiger partial charge on any atom is 0.252 e. The van der Waals surface area contributed by atoms with E-state index in [0.717, 1.165) is 25.8 Å². The Kier molecular flexibility index (Phi) is 8.13. The number of pyridine rings is 1. The highest BCUT2D eigenvalue weighted by atomic mass is 35.5. The highest BCUT2D eigenvalue weighted by Gasteiger charge is 2.09. The van der Waals surface area contributed by atoms with E-state index in [1.54, 1.807) is 12.3 Å². The van der Waals surface area contributed by atoms with E-state index in [1.165, 1.54) is 6.42 Å². The van der Waals surface area contributed by atoms with Crippen molar-refractivity contribution in [1.29, 1.82) is 0 Å². The monoisotopic (exact) mass is 311 g/mol. The standard InChI is InChI=1S/C16H26ClN3O/c1-4-8-18-15-14(17)10-13(11-20-15)16(21)19-9-6-5-7-12(2)3/h10-12H,4-9H2,1-3H3,(H,18,20)(H,19,21). The molecule has 0 bridgehead atoms. The number of rotatable bonds is 9. The number of carbonyl (C=O) groups is 1. The first-order chi connectivity index (χ1) is 10.0. The normalized spacial score (nSPS) is 10.7. The summed E-state index contributed by atoms with van der Waals surface area (Å²) in [5.74, 6) is 1.23. The maximum absolute atomic E-state index is 12.0. The molecule has 0 fully saturated rings. The summed E-state index contributed by atoms with van der Waals surface area (Å²) in [5.41, 5.74) is 0.505. The summed E-state index contributed by atoms with van der Waals surface area (Å²) in [6.45, 7) is 8.00. The van der Waals surface area contributed by atoms with Gasteiger partial charge in [0.1, 0.15) is 5.82 Å². The van der Waals surface area contributed by atoms with Crippen molar-refractivity contribution in [3.63, 3.8) is 0 Å². The van der Waals surface area contributed by atoms with Gasteiger partial charge in [0.25, 0.3) is 5.91 Å². The summed E-state index contributed by atoms with van der Waals surface area (Å²) < 4.78 is 0. The van der Waals surface area contributed by atoms with Crippen LogP contribution in [0.1, 0.15) is 56.8 Å². The van der Waals surface area contributed by atoms with Gasteiger partial charge >= 0.3 is 0 Å². The van der Waals surface area contributed by atoms with Crippen molar-refractivity contribution < 1.29 is 4.79 Å². The summed E-state index contributed by atoms with van der Waals surface area (Å²) in [4.78, 5) is 16.2. The van der Waals surface area contributed by atoms with Gasteiger partial charge in [0, 0.05) is 19.3 Å². The van der Waals surface area contributed by atoms with E-state index in [1.807, 2.05) is 0 Å². The van der Waals surface area contributed by atoms with Gasteiger partial charge in [-0.15, -0.1) is 0 Å². The molecule has 1 amide bonds. The average molecular weight is 312 g/mol. The van der Waals surface area contributed by atoms with E-state index < -0.39 is 0 Å². The molecule has 1 heterocycles. The predicted molar refractivity (Wildman–Crippen MR) is 89.0 cm³/mol. The average Bonchev–Trinajstić information content (AvgIpc) is 2.45. The maximum atomic E-state index is 12.0. The molecule has 1 aromatic heterocycles. The van der Waals surface area contributed by atoms with Gasteiger partial charge in [0.15, 0.2) is 0 Å². The summed E-state index contributed by atoms with van der Waals surface area (Å²) in [7, 11) is 0. The van der Waals surface area contributed by atoms with Crippen LogP contribution in [0.4, 0.5) is 5.82 Å². The first-order valence-corrected chi connectivity index (χ1v) is 8.10. The summed E-state index contributed by atoms with van der Waals surface area (Å²) >= 11 is 6.12. The van der Waals surface area contributed by atoms with Crippen LogP contribution in [0.2, 0.25) is 5.02 Å². The van der Waals surface area contributed by atoms with Gasteiger partial charge in [0.05, 0.1) is 10.6 Å². The van der Waals surface area contributed by atoms with Gasteiger partial charge in [-0.3, -0.25) is 4.79 Å². The first kappa shape index (κ1) is 17.8. The third-order valence-electron chi connectivity index (χ3n) is 3.14. The quantitative estimate of drug-likeness (QED) is 0.675. The van der Waals surface area contributed by atoms with Crippen LogP contribution in [-0.4, -0.2) is 24.0 Å². The Morgan fingerprint density at radius 2 is 2.10 bits per heavy atom. The van der Waals surface area contributed by atoms with Crippen molar-refractivity contribution in [1.82, 2.24) is 10.3 Å². The van der Waals surface area contributed by atoms with Crippen LogP contribution in [0.3, 0.4) is 0 Å². The number of nitrogens with zero attached hydrogens (tertiary/aromatic N) is 1. The minimum Gasteiger partial charge on any atom is -0.369 e. The van der Waals surface area contributed by atoms with Crippen LogP contribution in [0.5, 0.6) is 0 Å². The van der Waals surface area contributed by atoms with Gasteiger partial charge in [-0.05, 0) is 24.8 Å². The van der Waals surface area contributed by atoms with Gasteiger partial charge in [0.2, 0.25) is 0 Å². The van der Waals surface area contributed by atoms with Crippen LogP contribution in [-0.2, 0) is 0 Å². The molecule has 0 unspecified atom stereocenters. The fourth-order valence-corrected chi connectivity index (χ4v) is 2.15. The van der Waals surface area contributed by atoms with Crippen LogP contribution in [0.25, 0.3) is 0 Å². The van der Waals surface area contributed by atoms with E-state index in [9.17, 15) is 4.79 Å². The fourth-order valence-electron chi connectivity index (χ4n) is 1.92. The lowest BCUT2D eigenvalue weighted by atomic mass is 10.1. The lowest BCUT2D eigenvalue weighted by Gasteiger charge is -2.09. The largest absolute Gasteiger partial charge is 0.369 e. The SMILES string of the molecule is CCCNc1ncc(C(=O)NCCCCC(C)C)cc1Cl. The summed E-state index contributed by atoms with van der Waals surface area (Å²) in [6.07, 6.45) is 5.89. The predicted octanol–water partition coefficient (Wildman–Crippen LogP) is 4.11. The molecule has 1 aromatic rings. The van der Waals surface area contributed by atoms with Crippen molar-refractivity contribution >= 4 is 23.3 Å². The number of carbonyl (C=O) groups excluding carboxylic acids is 1. The Hall–Kier alpha value is -1.29. The molecule has 0 aliphatic heterocycles. The van der Waals surface area contributed by atoms with Crippen LogP contribution >= 0.6 is 11.6 Å². The molecule has 0 radical (unpaired) electrons. The lowest BCUT2D eigenvalue weighted by Crippen LogP contribution is -2.24. The van der Waals surface area contributed by atoms with E-state index in [0.29, 0.717) is 28.9 Å². The Labute approximate surface area is 132 Å². The van der Waals surface area contributed by atoms with Crippen LogP contribution < -0.4 is 10.6 Å². The van der Waals surface area contributed by atoms with E-state index in [-0.39, 0.29) is 5.91 Å². The smallest absolute Gasteiger partial charge is 0.252 e. The van der Waals surface area contributed by atoms with Crippen molar-refractivity contribution in [3.05, 3.63) is 22.8 Å². The molecule has 0 saturated carbocycles. The molecule has 1 rings (SSSR count). The number of nitrogens with one attached hydrogen (secondary N) is 2. The molecule has 0 aliphatic carbocycles. The number of unbranched alkanes of at least 4 members (excludes halogenated alkanes) is 1. The molecule has 0 spiro atoms. The zero-order chi connectivity index (χ0) is 15.7. The molecule has 0 aromatic carbocycles. The highest BCUT2D eigenvalue weighted by Crippen LogP contribution is 2.20. The summed E-state index contributed by atoms with van der Waals surface area (Å²) in [6, 6.07) is 1.66. The third kappa shape index (κ3) is 6.80. The number of hydrogen-bond acceptors (Lipinski definition) is 3. The molecule has 0 aliphatic rings. The Morgan fingerprint density at radius 3 is 2.71 bits per heavy atom. The number of anilines is 1. The number of amides is 1. The van der Waals surface area contributed by atoms with E-state index in [4.69, 9.17) is 11.6 Å². The lowest BCUT2D eigenvalue weighted by molar-refractivity contribution is 0.0952. The molecular weight excluding hydrogens is 286 g/mol. The second-order valence-corrected chi connectivity index (χ2v) is 6.03. The van der Waals surface area contributed by atoms with Crippen molar-refractivity contribution in [3.8, 4) is 0 Å². The minimum atomic E-state index is -0.115. The van der Waals surface area contributed by atoms with E-state index >= 15 is 0 Å². The second kappa shape index (κ2) is 9.61. The fraction of sp³-hybridized carbons (Fsp3) is 0.625. The van der Waals surface area contributed by atoms with Gasteiger partial charge in [-0.2, -0.15) is 0 Å². The molecule has 2 N–H and O–H groups in total. The Balaban J connectivity index is 2.42.